The van der Waals surface area contributed by atoms with Crippen molar-refractivity contribution in [3.63, 3.8) is 0 Å². The van der Waals surface area contributed by atoms with E-state index in [1.54, 1.807) is 0 Å². The Kier molecular flexibility index (Phi) is 9.01. The van der Waals surface area contributed by atoms with Gasteiger partial charge < -0.3 is 4.90 Å². The zero-order chi connectivity index (χ0) is 27.8. The van der Waals surface area contributed by atoms with E-state index in [9.17, 15) is 0 Å². The third-order valence-corrected chi connectivity index (χ3v) is 6.43. The Labute approximate surface area is 233 Å². The van der Waals surface area contributed by atoms with Gasteiger partial charge in [0.15, 0.2) is 0 Å². The lowest BCUT2D eigenvalue weighted by molar-refractivity contribution is -0.462. The van der Waals surface area contributed by atoms with Gasteiger partial charge in [-0.3, -0.25) is 0 Å². The second kappa shape index (κ2) is 12.8. The van der Waals surface area contributed by atoms with E-state index in [2.05, 4.69) is 137 Å². The molecule has 1 aromatic carbocycles. The van der Waals surface area contributed by atoms with Crippen LogP contribution in [0.2, 0.25) is 0 Å². The Hall–Kier alpha value is -4.57. The first kappa shape index (κ1) is 27.5. The van der Waals surface area contributed by atoms with Crippen molar-refractivity contribution in [3.05, 3.63) is 132 Å². The van der Waals surface area contributed by atoms with Gasteiger partial charge in [-0.25, -0.2) is 9.15 Å². The van der Waals surface area contributed by atoms with Crippen LogP contribution in [0.5, 0.6) is 0 Å². The molecule has 4 rings (SSSR count). The quantitative estimate of drug-likeness (QED) is 0.233. The monoisotopic (exact) mass is 516 g/mol. The van der Waals surface area contributed by atoms with Crippen LogP contribution >= 0.6 is 0 Å². The number of hydrogen-bond donors (Lipinski definition) is 0. The molecule has 0 radical (unpaired) electrons. The van der Waals surface area contributed by atoms with Gasteiger partial charge in [0.1, 0.15) is 40.3 Å². The molecule has 2 aliphatic carbocycles. The van der Waals surface area contributed by atoms with Crippen LogP contribution in [-0.2, 0) is 0 Å². The summed E-state index contributed by atoms with van der Waals surface area (Å²) in [5.74, 6) is 3.82. The van der Waals surface area contributed by atoms with Gasteiger partial charge in [0.05, 0.1) is 48.3 Å². The van der Waals surface area contributed by atoms with Crippen LogP contribution in [0.25, 0.3) is 24.3 Å². The molecule has 2 aromatic rings. The minimum atomic E-state index is 0.791. The molecule has 0 N–H and O–H groups in total. The number of anilines is 1. The fourth-order valence-electron chi connectivity index (χ4n) is 4.03. The maximum atomic E-state index is 6.25. The van der Waals surface area contributed by atoms with Gasteiger partial charge in [-0.2, -0.15) is 4.42 Å². The Morgan fingerprint density at radius 1 is 0.615 bits per heavy atom. The molecule has 0 fully saturated rings. The third kappa shape index (κ3) is 7.96. The SMILES string of the molecule is CN(C)c1ccc(/C=C/c2cc(C=C[C+]3C=CC(=[N+](C)C)C=C3)[o+]c(C=C[C+]3C=CC(=[N+](C)C)C=C3)c2)cc1. The predicted molar refractivity (Wildman–Crippen MR) is 168 cm³/mol. The molecule has 4 heteroatoms. The van der Waals surface area contributed by atoms with E-state index < -0.39 is 0 Å². The Morgan fingerprint density at radius 2 is 1.05 bits per heavy atom. The van der Waals surface area contributed by atoms with Gasteiger partial charge in [0, 0.05) is 56.2 Å². The highest BCUT2D eigenvalue weighted by atomic mass is 16.3. The molecule has 0 bridgehead atoms. The second-order valence-electron chi connectivity index (χ2n) is 10.2. The van der Waals surface area contributed by atoms with Gasteiger partial charge in [-0.1, -0.05) is 24.3 Å². The summed E-state index contributed by atoms with van der Waals surface area (Å²) in [5, 5.41) is 0. The Balaban J connectivity index is 1.58. The van der Waals surface area contributed by atoms with E-state index in [0.29, 0.717) is 0 Å². The highest BCUT2D eigenvalue weighted by molar-refractivity contribution is 6.02. The molecule has 0 saturated heterocycles. The lowest BCUT2D eigenvalue weighted by atomic mass is 10.0. The maximum Gasteiger partial charge on any atom is 0.394 e. The molecule has 0 amide bonds. The molecule has 0 saturated carbocycles. The van der Waals surface area contributed by atoms with Crippen molar-refractivity contribution in [2.24, 2.45) is 0 Å². The smallest absolute Gasteiger partial charge is 0.378 e. The molecule has 194 valence electrons. The van der Waals surface area contributed by atoms with Crippen molar-refractivity contribution >= 4 is 41.4 Å². The van der Waals surface area contributed by atoms with Crippen molar-refractivity contribution in [3.8, 4) is 0 Å². The first-order chi connectivity index (χ1) is 18.8. The first-order valence-corrected chi connectivity index (χ1v) is 13.1. The van der Waals surface area contributed by atoms with Crippen LogP contribution in [0.15, 0.2) is 102 Å². The molecule has 2 aliphatic rings. The molecular weight excluding hydrogens is 478 g/mol. The lowest BCUT2D eigenvalue weighted by Gasteiger charge is -2.11. The molecule has 0 atom stereocenters. The summed E-state index contributed by atoms with van der Waals surface area (Å²) in [6.07, 6.45) is 29.4. The van der Waals surface area contributed by atoms with E-state index in [4.69, 9.17) is 4.42 Å². The van der Waals surface area contributed by atoms with E-state index in [0.717, 1.165) is 34.5 Å². The number of allylic oxidation sites excluding steroid dienone is 10. The van der Waals surface area contributed by atoms with Gasteiger partial charge in [-0.05, 0) is 23.3 Å². The van der Waals surface area contributed by atoms with Crippen molar-refractivity contribution in [2.45, 2.75) is 0 Å². The minimum absolute atomic E-state index is 0.791. The van der Waals surface area contributed by atoms with Crippen molar-refractivity contribution in [1.29, 1.82) is 0 Å². The lowest BCUT2D eigenvalue weighted by Crippen LogP contribution is -2.10. The summed E-state index contributed by atoms with van der Waals surface area (Å²) in [4.78, 5) is 2.10. The topological polar surface area (TPSA) is 20.6 Å². The third-order valence-electron chi connectivity index (χ3n) is 6.43. The van der Waals surface area contributed by atoms with E-state index in [-0.39, 0.29) is 0 Å². The fourth-order valence-corrected chi connectivity index (χ4v) is 4.03. The van der Waals surface area contributed by atoms with Crippen molar-refractivity contribution in [2.75, 3.05) is 47.2 Å². The highest BCUT2D eigenvalue weighted by Gasteiger charge is 2.19. The van der Waals surface area contributed by atoms with Gasteiger partial charge in [0.25, 0.3) is 11.4 Å². The summed E-state index contributed by atoms with van der Waals surface area (Å²) >= 11 is 0. The normalized spacial score (nSPS) is 15.0. The van der Waals surface area contributed by atoms with Crippen molar-refractivity contribution in [1.82, 2.24) is 0 Å². The standard InChI is InChI=1S/C35H38N3O/c1-36(2)31-17-9-27(10-18-31)7-8-30-25-34(23-15-28-11-19-32(20-12-28)37(3)4)39-35(26-30)24-16-29-13-21-33(22-14-29)38(5)6/h7-26H,1-6H3/q+5/b8-7+,23-15?,24-16?. The molecule has 0 spiro atoms. The zero-order valence-electron chi connectivity index (χ0n) is 23.8. The number of benzene rings is 1. The first-order valence-electron chi connectivity index (χ1n) is 13.1. The Morgan fingerprint density at radius 3 is 1.46 bits per heavy atom. The van der Waals surface area contributed by atoms with Crippen LogP contribution in [0.1, 0.15) is 22.6 Å². The minimum Gasteiger partial charge on any atom is -0.378 e. The average molecular weight is 517 g/mol. The number of hydrogen-bond acceptors (Lipinski definition) is 1. The number of rotatable bonds is 7. The molecule has 4 nitrogen and oxygen atoms in total. The largest absolute Gasteiger partial charge is 0.394 e. The van der Waals surface area contributed by atoms with Crippen molar-refractivity contribution < 1.29 is 13.6 Å². The number of nitrogens with zero attached hydrogens (tertiary/aromatic N) is 3. The summed E-state index contributed by atoms with van der Waals surface area (Å²) in [7, 11) is 12.3. The van der Waals surface area contributed by atoms with Crippen LogP contribution in [0.3, 0.4) is 0 Å². The van der Waals surface area contributed by atoms with Gasteiger partial charge in [-0.15, -0.1) is 0 Å². The molecule has 0 aliphatic heterocycles. The maximum absolute atomic E-state index is 6.25. The van der Waals surface area contributed by atoms with Crippen LogP contribution in [-0.4, -0.2) is 62.9 Å². The van der Waals surface area contributed by atoms with E-state index in [1.807, 2.05) is 40.3 Å². The van der Waals surface area contributed by atoms with Crippen LogP contribution in [0, 0.1) is 11.8 Å². The van der Waals surface area contributed by atoms with E-state index >= 15 is 0 Å². The fraction of sp³-hybridized carbons (Fsp3) is 0.171. The summed E-state index contributed by atoms with van der Waals surface area (Å²) in [6.45, 7) is 0. The van der Waals surface area contributed by atoms with Gasteiger partial charge in [0.2, 0.25) is 0 Å². The highest BCUT2D eigenvalue weighted by Crippen LogP contribution is 2.21. The van der Waals surface area contributed by atoms with Crippen LogP contribution < -0.4 is 4.90 Å². The Bertz CT molecular complexity index is 1340. The second-order valence-corrected chi connectivity index (χ2v) is 10.2. The van der Waals surface area contributed by atoms with Crippen LogP contribution in [0.4, 0.5) is 5.69 Å². The molecular formula is C35H38N3O+5. The van der Waals surface area contributed by atoms with Gasteiger partial charge >= 0.3 is 11.5 Å². The predicted octanol–water partition coefficient (Wildman–Crippen LogP) is 6.65. The zero-order valence-corrected chi connectivity index (χ0v) is 23.8. The average Bonchev–Trinajstić information content (AvgIpc) is 2.94. The summed E-state index contributed by atoms with van der Waals surface area (Å²) in [6, 6.07) is 12.7. The molecule has 0 unspecified atom stereocenters. The van der Waals surface area contributed by atoms with E-state index in [1.165, 1.54) is 17.1 Å². The molecule has 39 heavy (non-hydrogen) atoms. The molecule has 1 heterocycles. The summed E-state index contributed by atoms with van der Waals surface area (Å²) in [5.41, 5.74) is 5.76. The summed E-state index contributed by atoms with van der Waals surface area (Å²) < 4.78 is 10.4. The molecule has 1 aromatic heterocycles.